The predicted octanol–water partition coefficient (Wildman–Crippen LogP) is 3.55. The summed E-state index contributed by atoms with van der Waals surface area (Å²) in [5, 5.41) is 3.23. The third-order valence-electron chi connectivity index (χ3n) is 3.21. The summed E-state index contributed by atoms with van der Waals surface area (Å²) in [4.78, 5) is 15.6. The van der Waals surface area contributed by atoms with Crippen LogP contribution >= 0.6 is 0 Å². The molecule has 0 saturated heterocycles. The Kier molecular flexibility index (Phi) is 5.49. The highest BCUT2D eigenvalue weighted by molar-refractivity contribution is 5.53. The summed E-state index contributed by atoms with van der Waals surface area (Å²) >= 11 is 0. The number of benzene rings is 1. The monoisotopic (exact) mass is 285 g/mol. The fraction of sp³-hybridized carbons (Fsp3) is 0.438. The molecular formula is C16H23N5. The number of para-hydroxylation sites is 1. The molecule has 0 amide bonds. The van der Waals surface area contributed by atoms with Gasteiger partial charge in [-0.3, -0.25) is 0 Å². The molecule has 5 heteroatoms. The SMILES string of the molecule is CCCCN(CC)c1nc(C)nc(Nc2ccccc2)n1. The van der Waals surface area contributed by atoms with E-state index in [1.807, 2.05) is 37.3 Å². The van der Waals surface area contributed by atoms with Crippen molar-refractivity contribution in [1.82, 2.24) is 15.0 Å². The second-order valence-corrected chi connectivity index (χ2v) is 4.93. The van der Waals surface area contributed by atoms with E-state index in [2.05, 4.69) is 39.0 Å². The lowest BCUT2D eigenvalue weighted by atomic mass is 10.3. The first-order chi connectivity index (χ1) is 10.2. The van der Waals surface area contributed by atoms with Crippen molar-refractivity contribution in [1.29, 1.82) is 0 Å². The van der Waals surface area contributed by atoms with Gasteiger partial charge in [0.05, 0.1) is 0 Å². The van der Waals surface area contributed by atoms with Crippen molar-refractivity contribution in [3.05, 3.63) is 36.2 Å². The maximum absolute atomic E-state index is 4.55. The maximum Gasteiger partial charge on any atom is 0.232 e. The number of hydrogen-bond acceptors (Lipinski definition) is 5. The normalized spacial score (nSPS) is 10.4. The van der Waals surface area contributed by atoms with Gasteiger partial charge in [0.1, 0.15) is 5.82 Å². The third-order valence-corrected chi connectivity index (χ3v) is 3.21. The first-order valence-corrected chi connectivity index (χ1v) is 7.52. The number of anilines is 3. The van der Waals surface area contributed by atoms with E-state index in [4.69, 9.17) is 0 Å². The second kappa shape index (κ2) is 7.57. The molecule has 0 fully saturated rings. The van der Waals surface area contributed by atoms with Crippen LogP contribution in [0.25, 0.3) is 0 Å². The molecule has 5 nitrogen and oxygen atoms in total. The highest BCUT2D eigenvalue weighted by Gasteiger charge is 2.10. The van der Waals surface area contributed by atoms with Crippen LogP contribution in [0.5, 0.6) is 0 Å². The van der Waals surface area contributed by atoms with Crippen LogP contribution in [0.15, 0.2) is 30.3 Å². The lowest BCUT2D eigenvalue weighted by Crippen LogP contribution is -2.26. The van der Waals surface area contributed by atoms with Crippen LogP contribution in [0.1, 0.15) is 32.5 Å². The van der Waals surface area contributed by atoms with Crippen LogP contribution in [0, 0.1) is 6.92 Å². The van der Waals surface area contributed by atoms with Gasteiger partial charge in [0, 0.05) is 18.8 Å². The Balaban J connectivity index is 2.20. The Morgan fingerprint density at radius 2 is 1.81 bits per heavy atom. The number of aromatic nitrogens is 3. The van der Waals surface area contributed by atoms with E-state index in [9.17, 15) is 0 Å². The molecule has 21 heavy (non-hydrogen) atoms. The minimum absolute atomic E-state index is 0.596. The van der Waals surface area contributed by atoms with Crippen molar-refractivity contribution in [2.45, 2.75) is 33.6 Å². The fourth-order valence-corrected chi connectivity index (χ4v) is 2.06. The zero-order valence-corrected chi connectivity index (χ0v) is 13.0. The van der Waals surface area contributed by atoms with Gasteiger partial charge in [0.2, 0.25) is 11.9 Å². The summed E-state index contributed by atoms with van der Waals surface area (Å²) < 4.78 is 0. The minimum Gasteiger partial charge on any atom is -0.341 e. The van der Waals surface area contributed by atoms with Crippen LogP contribution in [-0.2, 0) is 0 Å². The lowest BCUT2D eigenvalue weighted by Gasteiger charge is -2.21. The molecule has 1 N–H and O–H groups in total. The quantitative estimate of drug-likeness (QED) is 0.843. The summed E-state index contributed by atoms with van der Waals surface area (Å²) in [6.45, 7) is 8.08. The van der Waals surface area contributed by atoms with Gasteiger partial charge in [0.25, 0.3) is 0 Å². The Hall–Kier alpha value is -2.17. The molecule has 2 aromatic rings. The molecule has 0 radical (unpaired) electrons. The first-order valence-electron chi connectivity index (χ1n) is 7.52. The molecule has 2 rings (SSSR count). The Morgan fingerprint density at radius 1 is 1.05 bits per heavy atom. The van der Waals surface area contributed by atoms with Gasteiger partial charge in [-0.15, -0.1) is 0 Å². The molecule has 1 aromatic heterocycles. The Labute approximate surface area is 126 Å². The fourth-order valence-electron chi connectivity index (χ4n) is 2.06. The molecule has 0 atom stereocenters. The summed E-state index contributed by atoms with van der Waals surface area (Å²) in [7, 11) is 0. The van der Waals surface area contributed by atoms with Crippen molar-refractivity contribution in [2.75, 3.05) is 23.3 Å². The molecular weight excluding hydrogens is 262 g/mol. The first kappa shape index (κ1) is 15.2. The van der Waals surface area contributed by atoms with Crippen molar-refractivity contribution in [3.8, 4) is 0 Å². The molecule has 1 aromatic carbocycles. The van der Waals surface area contributed by atoms with E-state index in [1.54, 1.807) is 0 Å². The van der Waals surface area contributed by atoms with Crippen molar-refractivity contribution < 1.29 is 0 Å². The largest absolute Gasteiger partial charge is 0.341 e. The summed E-state index contributed by atoms with van der Waals surface area (Å²) in [5.41, 5.74) is 0.977. The van der Waals surface area contributed by atoms with Gasteiger partial charge in [-0.05, 0) is 32.4 Å². The number of hydrogen-bond donors (Lipinski definition) is 1. The summed E-state index contributed by atoms with van der Waals surface area (Å²) in [5.74, 6) is 2.07. The van der Waals surface area contributed by atoms with Crippen LogP contribution in [-0.4, -0.2) is 28.0 Å². The van der Waals surface area contributed by atoms with E-state index in [0.29, 0.717) is 5.95 Å². The van der Waals surface area contributed by atoms with E-state index in [0.717, 1.165) is 43.4 Å². The zero-order valence-electron chi connectivity index (χ0n) is 13.0. The number of aryl methyl sites for hydroxylation is 1. The second-order valence-electron chi connectivity index (χ2n) is 4.93. The summed E-state index contributed by atoms with van der Waals surface area (Å²) in [6.07, 6.45) is 2.30. The standard InChI is InChI=1S/C16H23N5/c1-4-6-12-21(5-2)16-18-13(3)17-15(20-16)19-14-10-8-7-9-11-14/h7-11H,4-6,12H2,1-3H3,(H,17,18,19,20). The van der Waals surface area contributed by atoms with E-state index < -0.39 is 0 Å². The number of rotatable bonds is 7. The Bertz CT molecular complexity index is 556. The van der Waals surface area contributed by atoms with Crippen molar-refractivity contribution in [3.63, 3.8) is 0 Å². The zero-order chi connectivity index (χ0) is 15.1. The lowest BCUT2D eigenvalue weighted by molar-refractivity contribution is 0.709. The highest BCUT2D eigenvalue weighted by Crippen LogP contribution is 2.15. The smallest absolute Gasteiger partial charge is 0.232 e. The van der Waals surface area contributed by atoms with Gasteiger partial charge in [-0.2, -0.15) is 15.0 Å². The number of nitrogens with zero attached hydrogens (tertiary/aromatic N) is 4. The van der Waals surface area contributed by atoms with Crippen LogP contribution in [0.2, 0.25) is 0 Å². The molecule has 0 aliphatic heterocycles. The summed E-state index contributed by atoms with van der Waals surface area (Å²) in [6, 6.07) is 9.94. The average Bonchev–Trinajstić information content (AvgIpc) is 2.48. The minimum atomic E-state index is 0.596. The van der Waals surface area contributed by atoms with Gasteiger partial charge >= 0.3 is 0 Å². The molecule has 0 unspecified atom stereocenters. The van der Waals surface area contributed by atoms with Gasteiger partial charge in [0.15, 0.2) is 0 Å². The molecule has 0 bridgehead atoms. The molecule has 1 heterocycles. The molecule has 0 spiro atoms. The average molecular weight is 285 g/mol. The molecule has 112 valence electrons. The topological polar surface area (TPSA) is 53.9 Å². The number of unbranched alkanes of at least 4 members (excludes halogenated alkanes) is 1. The third kappa shape index (κ3) is 4.41. The van der Waals surface area contributed by atoms with Gasteiger partial charge < -0.3 is 10.2 Å². The van der Waals surface area contributed by atoms with Crippen LogP contribution in [0.4, 0.5) is 17.6 Å². The highest BCUT2D eigenvalue weighted by atomic mass is 15.3. The van der Waals surface area contributed by atoms with Gasteiger partial charge in [-0.25, -0.2) is 0 Å². The van der Waals surface area contributed by atoms with Crippen LogP contribution in [0.3, 0.4) is 0 Å². The van der Waals surface area contributed by atoms with Crippen molar-refractivity contribution >= 4 is 17.6 Å². The van der Waals surface area contributed by atoms with E-state index >= 15 is 0 Å². The van der Waals surface area contributed by atoms with Gasteiger partial charge in [-0.1, -0.05) is 31.5 Å². The number of nitrogens with one attached hydrogen (secondary N) is 1. The maximum atomic E-state index is 4.55. The van der Waals surface area contributed by atoms with E-state index in [-0.39, 0.29) is 0 Å². The predicted molar refractivity (Wildman–Crippen MR) is 87.1 cm³/mol. The van der Waals surface area contributed by atoms with Crippen molar-refractivity contribution in [2.24, 2.45) is 0 Å². The molecule has 0 saturated carbocycles. The molecule has 0 aliphatic carbocycles. The van der Waals surface area contributed by atoms with Crippen LogP contribution < -0.4 is 10.2 Å². The Morgan fingerprint density at radius 3 is 2.48 bits per heavy atom. The van der Waals surface area contributed by atoms with E-state index in [1.165, 1.54) is 0 Å². The molecule has 0 aliphatic rings.